The van der Waals surface area contributed by atoms with Crippen LogP contribution in [0.3, 0.4) is 0 Å². The molecule has 0 bridgehead atoms. The maximum absolute atomic E-state index is 11.3. The quantitative estimate of drug-likeness (QED) is 0.210. The van der Waals surface area contributed by atoms with Crippen molar-refractivity contribution >= 4 is 13.6 Å². The molecule has 0 aromatic carbocycles. The van der Waals surface area contributed by atoms with Crippen molar-refractivity contribution in [1.82, 2.24) is 0 Å². The molecule has 0 aromatic rings. The van der Waals surface area contributed by atoms with Crippen LogP contribution in [0.25, 0.3) is 0 Å². The first-order valence-electron chi connectivity index (χ1n) is 7.07. The van der Waals surface area contributed by atoms with Gasteiger partial charge in [0.15, 0.2) is 0 Å². The van der Waals surface area contributed by atoms with E-state index in [0.717, 1.165) is 0 Å². The van der Waals surface area contributed by atoms with Crippen LogP contribution in [0.1, 0.15) is 25.5 Å². The molecule has 0 saturated carbocycles. The molecule has 2 unspecified atom stereocenters. The van der Waals surface area contributed by atoms with Gasteiger partial charge in [-0.25, -0.2) is 4.79 Å². The molecule has 0 amide bonds. The third kappa shape index (κ3) is 13.4. The van der Waals surface area contributed by atoms with Crippen LogP contribution in [0.2, 0.25) is 0 Å². The summed E-state index contributed by atoms with van der Waals surface area (Å²) >= 11 is 0. The summed E-state index contributed by atoms with van der Waals surface area (Å²) in [6.45, 7) is 1.62. The van der Waals surface area contributed by atoms with Crippen LogP contribution >= 0.6 is 7.60 Å². The van der Waals surface area contributed by atoms with Crippen LogP contribution in [-0.4, -0.2) is 25.3 Å². The summed E-state index contributed by atoms with van der Waals surface area (Å²) in [6, 6.07) is 0. The summed E-state index contributed by atoms with van der Waals surface area (Å²) in [5.74, 6) is 32.7. The third-order valence-corrected chi connectivity index (χ3v) is 3.92. The van der Waals surface area contributed by atoms with Crippen molar-refractivity contribution in [2.75, 3.05) is 19.4 Å². The summed E-state index contributed by atoms with van der Waals surface area (Å²) in [5.41, 5.74) is 0. The normalized spacial score (nSPS) is 17.6. The Morgan fingerprint density at radius 3 is 1.96 bits per heavy atom. The van der Waals surface area contributed by atoms with E-state index >= 15 is 0 Å². The van der Waals surface area contributed by atoms with Crippen molar-refractivity contribution in [3.8, 4) is 82.9 Å². The smallest absolute Gasteiger partial charge is 0.778 e. The van der Waals surface area contributed by atoms with Crippen molar-refractivity contribution < 1.29 is 71.6 Å². The van der Waals surface area contributed by atoms with Crippen molar-refractivity contribution in [3.63, 3.8) is 0 Å². The van der Waals surface area contributed by atoms with Gasteiger partial charge in [0, 0.05) is 36.5 Å². The average molecular weight is 410 g/mol. The first-order valence-corrected chi connectivity index (χ1v) is 8.80. The van der Waals surface area contributed by atoms with E-state index < -0.39 is 13.6 Å². The van der Waals surface area contributed by atoms with Gasteiger partial charge in [0.1, 0.15) is 7.60 Å². The monoisotopic (exact) mass is 410 g/mol. The molecule has 0 N–H and O–H groups in total. The van der Waals surface area contributed by atoms with Crippen molar-refractivity contribution in [2.45, 2.75) is 6.92 Å². The fourth-order valence-corrected chi connectivity index (χ4v) is 2.81. The van der Waals surface area contributed by atoms with Crippen LogP contribution in [0.5, 0.6) is 0 Å². The molecule has 0 aliphatic carbocycles. The second kappa shape index (κ2) is 14.7. The summed E-state index contributed by atoms with van der Waals surface area (Å²) in [5, 5.41) is 0. The van der Waals surface area contributed by atoms with Crippen LogP contribution in [-0.2, 0) is 18.6 Å². The fraction of sp³-hybridized carbons (Fsp3) is 0.250. The number of carbonyl (C=O) groups excluding carboxylic acids is 1. The standard InChI is InChI=1S/C20H11O5P.Na.13H2/c1-2-3-4-5-6-7-8-9-10-11-12-13-14-15-20(21)24-16-19-17-25-26(22,23)18-19;;;;;;;;;;;;;;/h19H,16-18H2,1H3,(H,22,23);;13*1H/q;+1;;;;;;;;;;;;;/p-1. The van der Waals surface area contributed by atoms with Crippen molar-refractivity contribution in [2.24, 2.45) is 5.92 Å². The van der Waals surface area contributed by atoms with E-state index in [-0.39, 0.29) is 73.4 Å². The second-order valence-electron chi connectivity index (χ2n) is 4.43. The van der Waals surface area contributed by atoms with Gasteiger partial charge in [-0.2, -0.15) is 0 Å². The summed E-state index contributed by atoms with van der Waals surface area (Å²) < 4.78 is 20.5. The van der Waals surface area contributed by atoms with E-state index in [2.05, 4.69) is 87.4 Å². The van der Waals surface area contributed by atoms with Crippen LogP contribution < -0.4 is 34.5 Å². The number of hydrogen-bond donors (Lipinski definition) is 0. The molecule has 0 radical (unpaired) electrons. The van der Waals surface area contributed by atoms with E-state index in [1.54, 1.807) is 6.92 Å². The topological polar surface area (TPSA) is 75.7 Å². The maximum Gasteiger partial charge on any atom is 1.00 e. The second-order valence-corrected chi connectivity index (χ2v) is 6.27. The molecule has 1 fully saturated rings. The predicted molar refractivity (Wildman–Crippen MR) is 120 cm³/mol. The zero-order valence-corrected chi connectivity index (χ0v) is 17.6. The van der Waals surface area contributed by atoms with Gasteiger partial charge in [0.2, 0.25) is 0 Å². The van der Waals surface area contributed by atoms with Gasteiger partial charge in [0.05, 0.1) is 13.2 Å². The molecule has 1 heterocycles. The molecule has 0 spiro atoms. The van der Waals surface area contributed by atoms with Crippen molar-refractivity contribution in [3.05, 3.63) is 0 Å². The van der Waals surface area contributed by atoms with Gasteiger partial charge in [-0.1, -0.05) is 5.92 Å². The average Bonchev–Trinajstić information content (AvgIpc) is 2.96. The van der Waals surface area contributed by atoms with Gasteiger partial charge >= 0.3 is 35.5 Å². The number of hydrogen-bond acceptors (Lipinski definition) is 5. The molecular weight excluding hydrogens is 374 g/mol. The number of carbonyl (C=O) groups is 1. The van der Waals surface area contributed by atoms with Crippen LogP contribution in [0.4, 0.5) is 0 Å². The van der Waals surface area contributed by atoms with Gasteiger partial charge in [-0.15, -0.1) is 0 Å². The zero-order chi connectivity index (χ0) is 19.1. The van der Waals surface area contributed by atoms with E-state index in [1.807, 2.05) is 0 Å². The molecule has 1 aliphatic heterocycles. The van der Waals surface area contributed by atoms with Crippen LogP contribution in [0, 0.1) is 88.8 Å². The molecule has 1 aliphatic rings. The Balaban J connectivity index is -0.0000000402. The number of rotatable bonds is 2. The fourth-order valence-electron chi connectivity index (χ4n) is 1.43. The number of ether oxygens (including phenoxy) is 1. The Morgan fingerprint density at radius 2 is 1.52 bits per heavy atom. The Labute approximate surface area is 200 Å². The van der Waals surface area contributed by atoms with Crippen molar-refractivity contribution in [1.29, 1.82) is 0 Å². The maximum atomic E-state index is 11.3. The summed E-state index contributed by atoms with van der Waals surface area (Å²) in [6.07, 6.45) is -0.145. The predicted octanol–water partition coefficient (Wildman–Crippen LogP) is -0.0249. The minimum atomic E-state index is -3.76. The van der Waals surface area contributed by atoms with Gasteiger partial charge < -0.3 is 18.7 Å². The van der Waals surface area contributed by atoms with E-state index in [0.29, 0.717) is 0 Å². The molecule has 7 heteroatoms. The number of esters is 1. The Kier molecular flexibility index (Phi) is 13.3. The Bertz CT molecular complexity index is 1080. The van der Waals surface area contributed by atoms with Gasteiger partial charge in [-0.05, 0) is 78.0 Å². The minimum absolute atomic E-state index is 0. The zero-order valence-electron chi connectivity index (χ0n) is 14.7. The first-order chi connectivity index (χ1) is 12.5. The molecule has 2 atom stereocenters. The minimum Gasteiger partial charge on any atom is -0.778 e. The molecule has 152 valence electrons. The summed E-state index contributed by atoms with van der Waals surface area (Å²) in [7, 11) is -3.76. The molecule has 27 heavy (non-hydrogen) atoms. The largest absolute Gasteiger partial charge is 1.00 e. The summed E-state index contributed by atoms with van der Waals surface area (Å²) in [4.78, 5) is 22.4. The third-order valence-electron chi connectivity index (χ3n) is 2.42. The van der Waals surface area contributed by atoms with Gasteiger partial charge in [-0.3, -0.25) is 0 Å². The Morgan fingerprint density at radius 1 is 1.04 bits per heavy atom. The van der Waals surface area contributed by atoms with E-state index in [9.17, 15) is 14.3 Å². The molecule has 0 aromatic heterocycles. The molecule has 1 rings (SSSR count). The van der Waals surface area contributed by atoms with E-state index in [1.165, 1.54) is 0 Å². The molecule has 5 nitrogen and oxygen atoms in total. The van der Waals surface area contributed by atoms with Crippen LogP contribution in [0.15, 0.2) is 0 Å². The Hall–Kier alpha value is -2.46. The first kappa shape index (κ1) is 24.5. The van der Waals surface area contributed by atoms with E-state index in [4.69, 9.17) is 4.74 Å². The molecular formula is C20H36NaO5P. The van der Waals surface area contributed by atoms with Gasteiger partial charge in [0.25, 0.3) is 0 Å². The SMILES string of the molecule is CC#CC#CC#CC#CC#CC#CC#CC(=O)OCC1COP(=O)([O-])C1.[HH].[HH].[HH].[HH].[HH].[HH].[HH].[HH].[HH].[HH].[HH].[HH].[HH].[Na+]. The molecule has 1 saturated heterocycles.